The number of primary amides is 1. The minimum Gasteiger partial charge on any atom is -0.366 e. The number of hydrogen-bond donors (Lipinski definition) is 2. The van der Waals surface area contributed by atoms with Crippen molar-refractivity contribution in [1.82, 2.24) is 4.90 Å². The van der Waals surface area contributed by atoms with E-state index in [1.807, 2.05) is 6.07 Å². The Bertz CT molecular complexity index is 768. The molecule has 0 unspecified atom stereocenters. The second-order valence-corrected chi connectivity index (χ2v) is 7.49. The van der Waals surface area contributed by atoms with E-state index in [1.165, 1.54) is 37.7 Å². The minimum absolute atomic E-state index is 0.0132. The molecule has 1 fully saturated rings. The number of nitrogens with zero attached hydrogens (tertiary/aromatic N) is 1. The Hall–Kier alpha value is -2.66. The zero-order valence-corrected chi connectivity index (χ0v) is 16.3. The predicted octanol–water partition coefficient (Wildman–Crippen LogP) is 3.95. The van der Waals surface area contributed by atoms with Gasteiger partial charge in [0.25, 0.3) is 0 Å². The van der Waals surface area contributed by atoms with Gasteiger partial charge in [-0.15, -0.1) is 0 Å². The van der Waals surface area contributed by atoms with Crippen molar-refractivity contribution in [2.24, 2.45) is 5.73 Å². The fraction of sp³-hybridized carbons (Fsp3) is 0.391. The van der Waals surface area contributed by atoms with Gasteiger partial charge in [-0.2, -0.15) is 0 Å². The Balaban J connectivity index is 1.57. The van der Waals surface area contributed by atoms with Gasteiger partial charge in [0.1, 0.15) is 0 Å². The van der Waals surface area contributed by atoms with Crippen LogP contribution < -0.4 is 11.1 Å². The Morgan fingerprint density at radius 2 is 1.64 bits per heavy atom. The number of carbonyl (C=O) groups excluding carboxylic acids is 2. The van der Waals surface area contributed by atoms with Crippen molar-refractivity contribution < 1.29 is 9.59 Å². The topological polar surface area (TPSA) is 75.4 Å². The molecule has 1 aliphatic rings. The predicted molar refractivity (Wildman–Crippen MR) is 112 cm³/mol. The largest absolute Gasteiger partial charge is 0.366 e. The van der Waals surface area contributed by atoms with Crippen LogP contribution in [0.1, 0.15) is 54.4 Å². The van der Waals surface area contributed by atoms with Crippen LogP contribution in [0.25, 0.3) is 0 Å². The van der Waals surface area contributed by atoms with Gasteiger partial charge in [-0.1, -0.05) is 49.6 Å². The third-order valence-corrected chi connectivity index (χ3v) is 5.40. The van der Waals surface area contributed by atoms with Crippen LogP contribution >= 0.6 is 0 Å². The molecule has 1 aliphatic carbocycles. The first kappa shape index (κ1) is 20.1. The summed E-state index contributed by atoms with van der Waals surface area (Å²) in [7, 11) is 0. The van der Waals surface area contributed by atoms with Crippen molar-refractivity contribution in [2.75, 3.05) is 11.9 Å². The summed E-state index contributed by atoms with van der Waals surface area (Å²) in [5.74, 6) is -0.484. The Morgan fingerprint density at radius 3 is 2.29 bits per heavy atom. The maximum Gasteiger partial charge on any atom is 0.248 e. The molecule has 0 radical (unpaired) electrons. The second kappa shape index (κ2) is 10.0. The average Bonchev–Trinajstić information content (AvgIpc) is 2.73. The molecule has 5 nitrogen and oxygen atoms in total. The molecule has 0 heterocycles. The van der Waals surface area contributed by atoms with E-state index >= 15 is 0 Å². The molecule has 28 heavy (non-hydrogen) atoms. The first-order valence-electron chi connectivity index (χ1n) is 10.1. The summed E-state index contributed by atoms with van der Waals surface area (Å²) in [6.07, 6.45) is 6.73. The molecule has 0 aromatic heterocycles. The number of carbonyl (C=O) groups is 2. The van der Waals surface area contributed by atoms with Crippen molar-refractivity contribution in [3.05, 3.63) is 65.7 Å². The van der Waals surface area contributed by atoms with E-state index in [1.54, 1.807) is 24.3 Å². The Morgan fingerprint density at radius 1 is 0.964 bits per heavy atom. The summed E-state index contributed by atoms with van der Waals surface area (Å²) in [6, 6.07) is 17.7. The quantitative estimate of drug-likeness (QED) is 0.729. The number of benzene rings is 2. The lowest BCUT2D eigenvalue weighted by Crippen LogP contribution is -2.38. The fourth-order valence-electron chi connectivity index (χ4n) is 3.84. The first-order chi connectivity index (χ1) is 13.6. The van der Waals surface area contributed by atoms with Crippen LogP contribution in [-0.4, -0.2) is 29.3 Å². The lowest BCUT2D eigenvalue weighted by atomic mass is 9.93. The van der Waals surface area contributed by atoms with Crippen molar-refractivity contribution in [1.29, 1.82) is 0 Å². The number of hydrogen-bond acceptors (Lipinski definition) is 3. The summed E-state index contributed by atoms with van der Waals surface area (Å²) >= 11 is 0. The SMILES string of the molecule is NC(=O)c1ccc(NC(=O)CCN(Cc2ccccc2)C2CCCCC2)cc1. The Labute approximate surface area is 166 Å². The molecule has 2 aromatic rings. The van der Waals surface area contributed by atoms with Gasteiger partial charge in [0, 0.05) is 36.8 Å². The number of anilines is 1. The van der Waals surface area contributed by atoms with E-state index in [-0.39, 0.29) is 5.91 Å². The van der Waals surface area contributed by atoms with Crippen molar-refractivity contribution in [2.45, 2.75) is 51.1 Å². The van der Waals surface area contributed by atoms with Gasteiger partial charge in [0.05, 0.1) is 0 Å². The molecule has 148 valence electrons. The van der Waals surface area contributed by atoms with Crippen LogP contribution in [0.4, 0.5) is 5.69 Å². The third kappa shape index (κ3) is 5.92. The van der Waals surface area contributed by atoms with Crippen LogP contribution in [0.15, 0.2) is 54.6 Å². The van der Waals surface area contributed by atoms with Crippen LogP contribution in [0.2, 0.25) is 0 Å². The molecule has 3 N–H and O–H groups in total. The van der Waals surface area contributed by atoms with E-state index in [2.05, 4.69) is 34.5 Å². The van der Waals surface area contributed by atoms with Crippen LogP contribution in [0.5, 0.6) is 0 Å². The van der Waals surface area contributed by atoms with Crippen LogP contribution in [0, 0.1) is 0 Å². The molecule has 0 aliphatic heterocycles. The van der Waals surface area contributed by atoms with Crippen LogP contribution in [-0.2, 0) is 11.3 Å². The molecule has 2 aromatic carbocycles. The molecule has 5 heteroatoms. The highest BCUT2D eigenvalue weighted by Gasteiger charge is 2.21. The maximum atomic E-state index is 12.4. The summed E-state index contributed by atoms with van der Waals surface area (Å²) in [6.45, 7) is 1.62. The number of nitrogens with two attached hydrogens (primary N) is 1. The van der Waals surface area contributed by atoms with Crippen molar-refractivity contribution in [3.63, 3.8) is 0 Å². The molecule has 2 amide bonds. The Kier molecular flexibility index (Phi) is 7.20. The van der Waals surface area contributed by atoms with Gasteiger partial charge in [0.15, 0.2) is 0 Å². The second-order valence-electron chi connectivity index (χ2n) is 7.49. The monoisotopic (exact) mass is 379 g/mol. The fourth-order valence-corrected chi connectivity index (χ4v) is 3.84. The van der Waals surface area contributed by atoms with Gasteiger partial charge >= 0.3 is 0 Å². The number of amides is 2. The molecule has 3 rings (SSSR count). The molecular weight excluding hydrogens is 350 g/mol. The van der Waals surface area contributed by atoms with Gasteiger partial charge < -0.3 is 11.1 Å². The highest BCUT2D eigenvalue weighted by atomic mass is 16.2. The smallest absolute Gasteiger partial charge is 0.248 e. The summed E-state index contributed by atoms with van der Waals surface area (Å²) < 4.78 is 0. The molecule has 0 atom stereocenters. The van der Waals surface area contributed by atoms with Gasteiger partial charge in [-0.25, -0.2) is 0 Å². The summed E-state index contributed by atoms with van der Waals surface area (Å²) in [5, 5.41) is 2.91. The van der Waals surface area contributed by atoms with E-state index in [4.69, 9.17) is 5.73 Å². The normalized spacial score (nSPS) is 14.8. The van der Waals surface area contributed by atoms with E-state index in [9.17, 15) is 9.59 Å². The zero-order valence-electron chi connectivity index (χ0n) is 16.3. The van der Waals surface area contributed by atoms with E-state index in [0.717, 1.165) is 13.1 Å². The van der Waals surface area contributed by atoms with E-state index < -0.39 is 5.91 Å². The minimum atomic E-state index is -0.470. The van der Waals surface area contributed by atoms with E-state index in [0.29, 0.717) is 23.7 Å². The number of nitrogens with one attached hydrogen (secondary N) is 1. The molecule has 1 saturated carbocycles. The molecule has 0 saturated heterocycles. The summed E-state index contributed by atoms with van der Waals surface area (Å²) in [4.78, 5) is 26.0. The first-order valence-corrected chi connectivity index (χ1v) is 10.1. The molecular formula is C23H29N3O2. The number of rotatable bonds is 8. The average molecular weight is 380 g/mol. The highest BCUT2D eigenvalue weighted by Crippen LogP contribution is 2.24. The van der Waals surface area contributed by atoms with Crippen LogP contribution in [0.3, 0.4) is 0 Å². The van der Waals surface area contributed by atoms with Gasteiger partial charge in [0.2, 0.25) is 11.8 Å². The third-order valence-electron chi connectivity index (χ3n) is 5.40. The zero-order chi connectivity index (χ0) is 19.8. The lowest BCUT2D eigenvalue weighted by Gasteiger charge is -2.34. The lowest BCUT2D eigenvalue weighted by molar-refractivity contribution is -0.116. The standard InChI is InChI=1S/C23H29N3O2/c24-23(28)19-11-13-20(14-12-19)25-22(27)15-16-26(21-9-5-2-6-10-21)17-18-7-3-1-4-8-18/h1,3-4,7-8,11-14,21H,2,5-6,9-10,15-17H2,(H2,24,28)(H,25,27). The summed E-state index contributed by atoms with van der Waals surface area (Å²) in [5.41, 5.74) is 7.65. The van der Waals surface area contributed by atoms with Crippen molar-refractivity contribution in [3.8, 4) is 0 Å². The van der Waals surface area contributed by atoms with Gasteiger partial charge in [-0.3, -0.25) is 14.5 Å². The maximum absolute atomic E-state index is 12.4. The molecule has 0 bridgehead atoms. The highest BCUT2D eigenvalue weighted by molar-refractivity contribution is 5.94. The molecule has 0 spiro atoms. The van der Waals surface area contributed by atoms with Gasteiger partial charge in [-0.05, 0) is 42.7 Å². The van der Waals surface area contributed by atoms with Crippen molar-refractivity contribution >= 4 is 17.5 Å².